The van der Waals surface area contributed by atoms with E-state index >= 15 is 0 Å². The molecule has 1 rings (SSSR count). The first-order valence-electron chi connectivity index (χ1n) is 4.77. The summed E-state index contributed by atoms with van der Waals surface area (Å²) in [5, 5.41) is 0. The molecule has 0 N–H and O–H groups in total. The third kappa shape index (κ3) is 2.73. The average Bonchev–Trinajstić information content (AvgIpc) is 2.04. The molecule has 0 nitrogen and oxygen atoms in total. The van der Waals surface area contributed by atoms with E-state index in [1.54, 1.807) is 0 Å². The molecule has 0 heterocycles. The molecule has 0 saturated carbocycles. The summed E-state index contributed by atoms with van der Waals surface area (Å²) >= 11 is 0. The van der Waals surface area contributed by atoms with E-state index in [2.05, 4.69) is 57.2 Å². The fourth-order valence-corrected chi connectivity index (χ4v) is 1.29. The van der Waals surface area contributed by atoms with Crippen molar-refractivity contribution >= 4 is 6.08 Å². The van der Waals surface area contributed by atoms with Gasteiger partial charge in [-0.3, -0.25) is 0 Å². The second-order valence-electron chi connectivity index (χ2n) is 4.37. The van der Waals surface area contributed by atoms with Gasteiger partial charge in [-0.05, 0) is 23.5 Å². The van der Waals surface area contributed by atoms with Crippen LogP contribution in [0.15, 0.2) is 30.3 Å². The molecule has 0 amide bonds. The van der Waals surface area contributed by atoms with Crippen molar-refractivity contribution in [2.45, 2.75) is 33.1 Å². The summed E-state index contributed by atoms with van der Waals surface area (Å²) < 4.78 is 0. The van der Waals surface area contributed by atoms with Crippen molar-refractivity contribution in [1.82, 2.24) is 0 Å². The van der Waals surface area contributed by atoms with E-state index < -0.39 is 0 Å². The second-order valence-corrected chi connectivity index (χ2v) is 4.37. The predicted molar refractivity (Wildman–Crippen MR) is 59.9 cm³/mol. The number of hydrogen-bond donors (Lipinski definition) is 0. The smallest absolute Gasteiger partial charge is 0.0132 e. The molecule has 0 aliphatic carbocycles. The van der Waals surface area contributed by atoms with Crippen molar-refractivity contribution in [2.24, 2.45) is 0 Å². The fraction of sp³-hybridized carbons (Fsp3) is 0.385. The maximum Gasteiger partial charge on any atom is -0.0132 e. The van der Waals surface area contributed by atoms with Crippen LogP contribution in [-0.2, 0) is 5.41 Å². The molecule has 0 saturated heterocycles. The number of benzene rings is 1. The summed E-state index contributed by atoms with van der Waals surface area (Å²) in [6.07, 6.45) is 4.18. The fourth-order valence-electron chi connectivity index (χ4n) is 1.29. The van der Waals surface area contributed by atoms with Gasteiger partial charge in [0.1, 0.15) is 0 Å². The molecule has 0 heteroatoms. The van der Waals surface area contributed by atoms with Crippen molar-refractivity contribution in [3.8, 4) is 0 Å². The van der Waals surface area contributed by atoms with E-state index in [9.17, 15) is 0 Å². The molecule has 0 aromatic heterocycles. The lowest BCUT2D eigenvalue weighted by atomic mass is 9.87. The van der Waals surface area contributed by atoms with Crippen molar-refractivity contribution in [3.05, 3.63) is 41.5 Å². The highest BCUT2D eigenvalue weighted by Crippen LogP contribution is 2.22. The third-order valence-electron chi connectivity index (χ3n) is 2.14. The van der Waals surface area contributed by atoms with E-state index in [1.165, 1.54) is 11.1 Å². The average molecular weight is 174 g/mol. The zero-order chi connectivity index (χ0) is 9.90. The first kappa shape index (κ1) is 10.0. The summed E-state index contributed by atoms with van der Waals surface area (Å²) in [7, 11) is 0. The molecule has 70 valence electrons. The zero-order valence-electron chi connectivity index (χ0n) is 8.96. The first-order chi connectivity index (χ1) is 6.04. The Hall–Kier alpha value is -1.04. The SMILES string of the molecule is C/C=C\c1ccc(C(C)(C)C)cc1. The van der Waals surface area contributed by atoms with Crippen molar-refractivity contribution < 1.29 is 0 Å². The van der Waals surface area contributed by atoms with Gasteiger partial charge in [-0.25, -0.2) is 0 Å². The highest BCUT2D eigenvalue weighted by atomic mass is 14.2. The van der Waals surface area contributed by atoms with Gasteiger partial charge in [0.2, 0.25) is 0 Å². The van der Waals surface area contributed by atoms with Gasteiger partial charge in [-0.1, -0.05) is 57.2 Å². The Morgan fingerprint density at radius 3 is 1.92 bits per heavy atom. The number of rotatable bonds is 1. The highest BCUT2D eigenvalue weighted by molar-refractivity contribution is 5.49. The monoisotopic (exact) mass is 174 g/mol. The largest absolute Gasteiger partial charge is 0.0871 e. The quantitative estimate of drug-likeness (QED) is 0.603. The van der Waals surface area contributed by atoms with Crippen LogP contribution in [0.2, 0.25) is 0 Å². The molecule has 0 fully saturated rings. The van der Waals surface area contributed by atoms with Gasteiger partial charge in [0.05, 0.1) is 0 Å². The Bertz CT molecular complexity index is 283. The summed E-state index contributed by atoms with van der Waals surface area (Å²) in [5.74, 6) is 0. The van der Waals surface area contributed by atoms with E-state index in [4.69, 9.17) is 0 Å². The van der Waals surface area contributed by atoms with E-state index in [-0.39, 0.29) is 5.41 Å². The van der Waals surface area contributed by atoms with Crippen LogP contribution in [0.3, 0.4) is 0 Å². The van der Waals surface area contributed by atoms with E-state index in [1.807, 2.05) is 6.92 Å². The molecule has 0 bridgehead atoms. The molecule has 0 unspecified atom stereocenters. The molecular weight excluding hydrogens is 156 g/mol. The zero-order valence-corrected chi connectivity index (χ0v) is 8.96. The maximum atomic E-state index is 2.23. The predicted octanol–water partition coefficient (Wildman–Crippen LogP) is 4.02. The van der Waals surface area contributed by atoms with Crippen LogP contribution in [0.1, 0.15) is 38.8 Å². The number of hydrogen-bond acceptors (Lipinski definition) is 0. The molecule has 1 aromatic carbocycles. The molecule has 0 radical (unpaired) electrons. The van der Waals surface area contributed by atoms with Crippen LogP contribution in [0.25, 0.3) is 6.08 Å². The molecular formula is C13H18. The van der Waals surface area contributed by atoms with Crippen LogP contribution >= 0.6 is 0 Å². The van der Waals surface area contributed by atoms with Gasteiger partial charge in [0.15, 0.2) is 0 Å². The minimum Gasteiger partial charge on any atom is -0.0871 e. The summed E-state index contributed by atoms with van der Waals surface area (Å²) in [6.45, 7) is 8.74. The first-order valence-corrected chi connectivity index (χ1v) is 4.77. The summed E-state index contributed by atoms with van der Waals surface area (Å²) in [4.78, 5) is 0. The Kier molecular flexibility index (Phi) is 2.92. The van der Waals surface area contributed by atoms with E-state index in [0.717, 1.165) is 0 Å². The molecule has 0 atom stereocenters. The molecule has 0 aliphatic heterocycles. The minimum atomic E-state index is 0.258. The van der Waals surface area contributed by atoms with Crippen LogP contribution in [0.4, 0.5) is 0 Å². The third-order valence-corrected chi connectivity index (χ3v) is 2.14. The van der Waals surface area contributed by atoms with Crippen LogP contribution in [0.5, 0.6) is 0 Å². The van der Waals surface area contributed by atoms with Gasteiger partial charge in [-0.2, -0.15) is 0 Å². The Labute approximate surface area is 81.3 Å². The molecule has 0 aliphatic rings. The minimum absolute atomic E-state index is 0.258. The Morgan fingerprint density at radius 2 is 1.54 bits per heavy atom. The lowest BCUT2D eigenvalue weighted by Gasteiger charge is -2.18. The second kappa shape index (κ2) is 3.78. The van der Waals surface area contributed by atoms with Crippen LogP contribution in [0, 0.1) is 0 Å². The summed E-state index contributed by atoms with van der Waals surface area (Å²) in [6, 6.07) is 8.74. The molecule has 1 aromatic rings. The normalized spacial score (nSPS) is 12.3. The standard InChI is InChI=1S/C13H18/c1-5-6-11-7-9-12(10-8-11)13(2,3)4/h5-10H,1-4H3/b6-5-. The number of allylic oxidation sites excluding steroid dienone is 1. The Balaban J connectivity index is 2.94. The van der Waals surface area contributed by atoms with Crippen molar-refractivity contribution in [1.29, 1.82) is 0 Å². The van der Waals surface area contributed by atoms with Crippen LogP contribution < -0.4 is 0 Å². The van der Waals surface area contributed by atoms with E-state index in [0.29, 0.717) is 0 Å². The lowest BCUT2D eigenvalue weighted by molar-refractivity contribution is 0.590. The van der Waals surface area contributed by atoms with Crippen molar-refractivity contribution in [2.75, 3.05) is 0 Å². The maximum absolute atomic E-state index is 2.23. The van der Waals surface area contributed by atoms with Crippen molar-refractivity contribution in [3.63, 3.8) is 0 Å². The molecule has 13 heavy (non-hydrogen) atoms. The van der Waals surface area contributed by atoms with Gasteiger partial charge < -0.3 is 0 Å². The van der Waals surface area contributed by atoms with Gasteiger partial charge in [0.25, 0.3) is 0 Å². The molecule has 0 spiro atoms. The summed E-state index contributed by atoms with van der Waals surface area (Å²) in [5.41, 5.74) is 2.92. The Morgan fingerprint density at radius 1 is 1.00 bits per heavy atom. The van der Waals surface area contributed by atoms with Crippen LogP contribution in [-0.4, -0.2) is 0 Å². The topological polar surface area (TPSA) is 0 Å². The van der Waals surface area contributed by atoms with Gasteiger partial charge >= 0.3 is 0 Å². The van der Waals surface area contributed by atoms with Gasteiger partial charge in [-0.15, -0.1) is 0 Å². The van der Waals surface area contributed by atoms with Gasteiger partial charge in [0, 0.05) is 0 Å². The highest BCUT2D eigenvalue weighted by Gasteiger charge is 2.12. The lowest BCUT2D eigenvalue weighted by Crippen LogP contribution is -2.10.